The lowest BCUT2D eigenvalue weighted by Gasteiger charge is -2.30. The van der Waals surface area contributed by atoms with Crippen LogP contribution in [0.15, 0.2) is 18.2 Å². The van der Waals surface area contributed by atoms with Gasteiger partial charge in [0.2, 0.25) is 0 Å². The number of piperidine rings is 1. The monoisotopic (exact) mass is 277 g/mol. The minimum atomic E-state index is -0.970. The molecule has 1 saturated heterocycles. The number of nitrogens with one attached hydrogen (secondary N) is 1. The number of likely N-dealkylation sites (tertiary alicyclic amines) is 1. The summed E-state index contributed by atoms with van der Waals surface area (Å²) in [7, 11) is 0. The zero-order valence-electron chi connectivity index (χ0n) is 11.4. The molecule has 20 heavy (non-hydrogen) atoms. The Bertz CT molecular complexity index is 530. The van der Waals surface area contributed by atoms with E-state index in [4.69, 9.17) is 10.8 Å². The van der Waals surface area contributed by atoms with Crippen LogP contribution in [0.1, 0.15) is 28.8 Å². The third kappa shape index (κ3) is 3.27. The zero-order chi connectivity index (χ0) is 14.7. The number of hydrogen-bond donors (Lipinski definition) is 3. The first kappa shape index (κ1) is 14.3. The van der Waals surface area contributed by atoms with Crippen LogP contribution in [0.25, 0.3) is 0 Å². The van der Waals surface area contributed by atoms with Gasteiger partial charge in [-0.3, -0.25) is 0 Å². The second kappa shape index (κ2) is 5.92. The fourth-order valence-corrected chi connectivity index (χ4v) is 2.38. The molecule has 2 rings (SSSR count). The number of rotatable bonds is 2. The lowest BCUT2D eigenvalue weighted by Crippen LogP contribution is -2.47. The van der Waals surface area contributed by atoms with Gasteiger partial charge in [-0.25, -0.2) is 9.59 Å². The molecule has 0 saturated carbocycles. The van der Waals surface area contributed by atoms with Crippen molar-refractivity contribution in [3.8, 4) is 0 Å². The molecule has 6 heteroatoms. The molecule has 0 aliphatic carbocycles. The molecule has 1 aromatic carbocycles. The third-order valence-electron chi connectivity index (χ3n) is 3.45. The van der Waals surface area contributed by atoms with Crippen LogP contribution in [-0.4, -0.2) is 41.1 Å². The lowest BCUT2D eigenvalue weighted by atomic mass is 10.1. The van der Waals surface area contributed by atoms with Crippen molar-refractivity contribution in [3.63, 3.8) is 0 Å². The van der Waals surface area contributed by atoms with Gasteiger partial charge in [-0.05, 0) is 43.5 Å². The number of amides is 2. The van der Waals surface area contributed by atoms with Gasteiger partial charge in [0, 0.05) is 24.8 Å². The first-order valence-corrected chi connectivity index (χ1v) is 6.63. The molecule has 4 N–H and O–H groups in total. The molecule has 1 atom stereocenters. The number of carbonyl (C=O) groups is 2. The van der Waals surface area contributed by atoms with E-state index in [-0.39, 0.29) is 17.6 Å². The summed E-state index contributed by atoms with van der Waals surface area (Å²) in [6.07, 6.45) is 1.85. The third-order valence-corrected chi connectivity index (χ3v) is 3.45. The molecular weight excluding hydrogens is 258 g/mol. The van der Waals surface area contributed by atoms with E-state index in [9.17, 15) is 9.59 Å². The molecule has 6 nitrogen and oxygen atoms in total. The van der Waals surface area contributed by atoms with E-state index in [0.29, 0.717) is 24.3 Å². The molecule has 1 aliphatic heterocycles. The predicted octanol–water partition coefficient (Wildman–Crippen LogP) is 1.65. The first-order chi connectivity index (χ1) is 9.47. The minimum Gasteiger partial charge on any atom is -0.478 e. The summed E-state index contributed by atoms with van der Waals surface area (Å²) in [5, 5.41) is 11.7. The summed E-state index contributed by atoms with van der Waals surface area (Å²) in [4.78, 5) is 24.7. The summed E-state index contributed by atoms with van der Waals surface area (Å²) < 4.78 is 0. The zero-order valence-corrected chi connectivity index (χ0v) is 11.4. The number of nitrogens with zero attached hydrogens (tertiary/aromatic N) is 1. The Morgan fingerprint density at radius 1 is 1.45 bits per heavy atom. The average Bonchev–Trinajstić information content (AvgIpc) is 2.38. The van der Waals surface area contributed by atoms with Crippen LogP contribution in [0, 0.1) is 6.92 Å². The van der Waals surface area contributed by atoms with Gasteiger partial charge in [0.15, 0.2) is 0 Å². The SMILES string of the molecule is Cc1cc(NC(=O)N2CCCC(N)C2)ccc1C(=O)O. The first-order valence-electron chi connectivity index (χ1n) is 6.63. The van der Waals surface area contributed by atoms with Gasteiger partial charge in [0.25, 0.3) is 0 Å². The van der Waals surface area contributed by atoms with Crippen LogP contribution in [0.3, 0.4) is 0 Å². The van der Waals surface area contributed by atoms with Crippen molar-refractivity contribution < 1.29 is 14.7 Å². The van der Waals surface area contributed by atoms with Crippen molar-refractivity contribution in [1.29, 1.82) is 0 Å². The normalized spacial score (nSPS) is 18.7. The fourth-order valence-electron chi connectivity index (χ4n) is 2.38. The van der Waals surface area contributed by atoms with Gasteiger partial charge >= 0.3 is 12.0 Å². The van der Waals surface area contributed by atoms with Crippen molar-refractivity contribution in [3.05, 3.63) is 29.3 Å². The Hall–Kier alpha value is -2.08. The Labute approximate surface area is 117 Å². The van der Waals surface area contributed by atoms with Crippen molar-refractivity contribution in [2.45, 2.75) is 25.8 Å². The standard InChI is InChI=1S/C14H19N3O3/c1-9-7-11(4-5-12(9)13(18)19)16-14(20)17-6-2-3-10(15)8-17/h4-5,7,10H,2-3,6,8,15H2,1H3,(H,16,20)(H,18,19). The van der Waals surface area contributed by atoms with Crippen LogP contribution in [0.4, 0.5) is 10.5 Å². The summed E-state index contributed by atoms with van der Waals surface area (Å²) in [6, 6.07) is 4.59. The van der Waals surface area contributed by atoms with Crippen LogP contribution in [0.5, 0.6) is 0 Å². The maximum absolute atomic E-state index is 12.1. The molecule has 0 aromatic heterocycles. The Morgan fingerprint density at radius 3 is 2.80 bits per heavy atom. The largest absolute Gasteiger partial charge is 0.478 e. The highest BCUT2D eigenvalue weighted by molar-refractivity contribution is 5.92. The maximum atomic E-state index is 12.1. The smallest absolute Gasteiger partial charge is 0.335 e. The average molecular weight is 277 g/mol. The number of hydrogen-bond acceptors (Lipinski definition) is 3. The molecule has 1 heterocycles. The van der Waals surface area contributed by atoms with E-state index in [1.165, 1.54) is 6.07 Å². The van der Waals surface area contributed by atoms with Crippen molar-refractivity contribution >= 4 is 17.7 Å². The van der Waals surface area contributed by atoms with Gasteiger partial charge in [0.05, 0.1) is 5.56 Å². The van der Waals surface area contributed by atoms with Gasteiger partial charge < -0.3 is 21.1 Å². The van der Waals surface area contributed by atoms with Crippen molar-refractivity contribution in [2.24, 2.45) is 5.73 Å². The quantitative estimate of drug-likeness (QED) is 0.765. The van der Waals surface area contributed by atoms with E-state index < -0.39 is 5.97 Å². The second-order valence-corrected chi connectivity index (χ2v) is 5.11. The summed E-state index contributed by atoms with van der Waals surface area (Å²) in [5.41, 5.74) is 7.30. The van der Waals surface area contributed by atoms with E-state index in [1.54, 1.807) is 24.0 Å². The van der Waals surface area contributed by atoms with Gasteiger partial charge in [-0.2, -0.15) is 0 Å². The number of carboxylic acids is 1. The number of benzene rings is 1. The van der Waals surface area contributed by atoms with Crippen LogP contribution in [-0.2, 0) is 0 Å². The van der Waals surface area contributed by atoms with E-state index in [1.807, 2.05) is 0 Å². The Balaban J connectivity index is 2.04. The topological polar surface area (TPSA) is 95.7 Å². The number of carbonyl (C=O) groups excluding carboxylic acids is 1. The Kier molecular flexibility index (Phi) is 4.24. The molecule has 1 aliphatic rings. The number of aromatic carboxylic acids is 1. The molecule has 1 aromatic rings. The molecule has 0 bridgehead atoms. The molecule has 1 unspecified atom stereocenters. The van der Waals surface area contributed by atoms with Crippen LogP contribution in [0.2, 0.25) is 0 Å². The van der Waals surface area contributed by atoms with Gasteiger partial charge in [0.1, 0.15) is 0 Å². The van der Waals surface area contributed by atoms with Crippen LogP contribution < -0.4 is 11.1 Å². The lowest BCUT2D eigenvalue weighted by molar-refractivity contribution is 0.0696. The maximum Gasteiger partial charge on any atom is 0.335 e. The molecule has 0 radical (unpaired) electrons. The number of anilines is 1. The van der Waals surface area contributed by atoms with Gasteiger partial charge in [-0.1, -0.05) is 0 Å². The number of urea groups is 1. The highest BCUT2D eigenvalue weighted by Crippen LogP contribution is 2.17. The highest BCUT2D eigenvalue weighted by atomic mass is 16.4. The number of carboxylic acid groups (broad SMARTS) is 1. The second-order valence-electron chi connectivity index (χ2n) is 5.11. The van der Waals surface area contributed by atoms with E-state index >= 15 is 0 Å². The van der Waals surface area contributed by atoms with Crippen molar-refractivity contribution in [2.75, 3.05) is 18.4 Å². The fraction of sp³-hybridized carbons (Fsp3) is 0.429. The molecular formula is C14H19N3O3. The minimum absolute atomic E-state index is 0.0330. The van der Waals surface area contributed by atoms with E-state index in [0.717, 1.165) is 12.8 Å². The molecule has 1 fully saturated rings. The number of nitrogens with two attached hydrogens (primary N) is 1. The summed E-state index contributed by atoms with van der Waals surface area (Å²) in [6.45, 7) is 2.96. The number of aryl methyl sites for hydroxylation is 1. The summed E-state index contributed by atoms with van der Waals surface area (Å²) in [5.74, 6) is -0.970. The predicted molar refractivity (Wildman–Crippen MR) is 75.9 cm³/mol. The van der Waals surface area contributed by atoms with Crippen LogP contribution >= 0.6 is 0 Å². The highest BCUT2D eigenvalue weighted by Gasteiger charge is 2.21. The Morgan fingerprint density at radius 2 is 2.20 bits per heavy atom. The van der Waals surface area contributed by atoms with Gasteiger partial charge in [-0.15, -0.1) is 0 Å². The van der Waals surface area contributed by atoms with E-state index in [2.05, 4.69) is 5.32 Å². The van der Waals surface area contributed by atoms with Crippen molar-refractivity contribution in [1.82, 2.24) is 4.90 Å². The molecule has 0 spiro atoms. The molecule has 108 valence electrons. The molecule has 2 amide bonds. The summed E-state index contributed by atoms with van der Waals surface area (Å²) >= 11 is 0.